The Morgan fingerprint density at radius 3 is 2.49 bits per heavy atom. The van der Waals surface area contributed by atoms with Crippen molar-refractivity contribution >= 4 is 28.8 Å². The summed E-state index contributed by atoms with van der Waals surface area (Å²) in [5, 5.41) is 16.1. The molecule has 9 heteroatoms. The number of amides is 1. The second kappa shape index (κ2) is 9.17. The molecule has 1 aliphatic rings. The third-order valence-corrected chi connectivity index (χ3v) is 6.32. The molecular formula is C26H29N5O4. The van der Waals surface area contributed by atoms with Crippen molar-refractivity contribution in [3.8, 4) is 11.5 Å². The molecule has 0 aliphatic carbocycles. The Hall–Kier alpha value is -4.27. The Bertz CT molecular complexity index is 1300. The van der Waals surface area contributed by atoms with Crippen LogP contribution in [0.4, 0.5) is 17.2 Å². The van der Waals surface area contributed by atoms with Crippen LogP contribution in [0.25, 0.3) is 0 Å². The van der Waals surface area contributed by atoms with E-state index in [-0.39, 0.29) is 12.5 Å². The van der Waals surface area contributed by atoms with Gasteiger partial charge in [0.1, 0.15) is 29.5 Å². The first-order valence-electron chi connectivity index (χ1n) is 11.2. The zero-order valence-corrected chi connectivity index (χ0v) is 20.2. The second-order valence-corrected chi connectivity index (χ2v) is 9.01. The minimum Gasteiger partial charge on any atom is -0.489 e. The number of ether oxygens (including phenoxy) is 2. The molecule has 1 aliphatic heterocycles. The molecule has 2 aromatic carbocycles. The average molecular weight is 476 g/mol. The van der Waals surface area contributed by atoms with Crippen LogP contribution >= 0.6 is 0 Å². The maximum Gasteiger partial charge on any atom is 0.257 e. The van der Waals surface area contributed by atoms with Crippen molar-refractivity contribution in [3.63, 3.8) is 0 Å². The van der Waals surface area contributed by atoms with E-state index in [0.29, 0.717) is 46.4 Å². The maximum absolute atomic E-state index is 12.4. The number of pyridine rings is 1. The SMILES string of the molecule is Cc1c(C)c2c(c(C)c1N)C(=NO)CC(C)(COc1ccc(NC(=O)c3ccc(N)nc3)cc1)O2. The molecule has 0 saturated carbocycles. The molecule has 0 spiro atoms. The van der Waals surface area contributed by atoms with E-state index in [1.165, 1.54) is 6.20 Å². The number of carbonyl (C=O) groups excluding carboxylic acids is 1. The van der Waals surface area contributed by atoms with E-state index in [1.807, 2.05) is 27.7 Å². The van der Waals surface area contributed by atoms with E-state index < -0.39 is 5.60 Å². The summed E-state index contributed by atoms with van der Waals surface area (Å²) in [4.78, 5) is 16.3. The summed E-state index contributed by atoms with van der Waals surface area (Å²) < 4.78 is 12.4. The summed E-state index contributed by atoms with van der Waals surface area (Å²) in [5.41, 5.74) is 16.7. The van der Waals surface area contributed by atoms with Crippen LogP contribution in [-0.2, 0) is 0 Å². The Labute approximate surface area is 203 Å². The number of nitrogen functional groups attached to an aromatic ring is 2. The highest BCUT2D eigenvalue weighted by Crippen LogP contribution is 2.42. The molecule has 0 saturated heterocycles. The minimum absolute atomic E-state index is 0.218. The van der Waals surface area contributed by atoms with Gasteiger partial charge in [-0.3, -0.25) is 4.79 Å². The molecular weight excluding hydrogens is 446 g/mol. The van der Waals surface area contributed by atoms with E-state index in [1.54, 1.807) is 36.4 Å². The van der Waals surface area contributed by atoms with Gasteiger partial charge < -0.3 is 31.5 Å². The number of fused-ring (bicyclic) bond motifs is 1. The third-order valence-electron chi connectivity index (χ3n) is 6.32. The van der Waals surface area contributed by atoms with E-state index in [4.69, 9.17) is 20.9 Å². The van der Waals surface area contributed by atoms with Crippen molar-refractivity contribution in [2.75, 3.05) is 23.4 Å². The lowest BCUT2D eigenvalue weighted by molar-refractivity contribution is 0.0356. The lowest BCUT2D eigenvalue weighted by Gasteiger charge is -2.38. The summed E-state index contributed by atoms with van der Waals surface area (Å²) in [7, 11) is 0. The zero-order chi connectivity index (χ0) is 25.3. The molecule has 0 radical (unpaired) electrons. The molecule has 3 aromatic rings. The van der Waals surface area contributed by atoms with Crippen molar-refractivity contribution in [2.45, 2.75) is 39.7 Å². The molecule has 182 valence electrons. The molecule has 1 amide bonds. The van der Waals surface area contributed by atoms with Crippen LogP contribution in [0.3, 0.4) is 0 Å². The van der Waals surface area contributed by atoms with Crippen LogP contribution in [0.15, 0.2) is 47.8 Å². The van der Waals surface area contributed by atoms with Gasteiger partial charge in [-0.15, -0.1) is 0 Å². The predicted molar refractivity (Wildman–Crippen MR) is 136 cm³/mol. The number of rotatable bonds is 5. The van der Waals surface area contributed by atoms with Gasteiger partial charge in [0.05, 0.1) is 11.3 Å². The van der Waals surface area contributed by atoms with Gasteiger partial charge in [0, 0.05) is 29.6 Å². The van der Waals surface area contributed by atoms with Gasteiger partial charge in [-0.2, -0.15) is 0 Å². The number of hydrogen-bond donors (Lipinski definition) is 4. The lowest BCUT2D eigenvalue weighted by atomic mass is 9.85. The third kappa shape index (κ3) is 4.70. The fourth-order valence-electron chi connectivity index (χ4n) is 4.13. The largest absolute Gasteiger partial charge is 0.489 e. The number of oxime groups is 1. The van der Waals surface area contributed by atoms with Crippen molar-refractivity contribution in [1.29, 1.82) is 0 Å². The van der Waals surface area contributed by atoms with Gasteiger partial charge >= 0.3 is 0 Å². The molecule has 1 atom stereocenters. The summed E-state index contributed by atoms with van der Waals surface area (Å²) in [6, 6.07) is 10.2. The molecule has 0 fully saturated rings. The highest BCUT2D eigenvalue weighted by Gasteiger charge is 2.39. The smallest absolute Gasteiger partial charge is 0.257 e. The monoisotopic (exact) mass is 475 g/mol. The summed E-state index contributed by atoms with van der Waals surface area (Å²) >= 11 is 0. The fourth-order valence-corrected chi connectivity index (χ4v) is 4.13. The summed E-state index contributed by atoms with van der Waals surface area (Å²) in [6.45, 7) is 7.92. The number of hydrogen-bond acceptors (Lipinski definition) is 8. The second-order valence-electron chi connectivity index (χ2n) is 9.01. The highest BCUT2D eigenvalue weighted by molar-refractivity contribution is 6.07. The Morgan fingerprint density at radius 1 is 1.14 bits per heavy atom. The molecule has 9 nitrogen and oxygen atoms in total. The topological polar surface area (TPSA) is 145 Å². The zero-order valence-electron chi connectivity index (χ0n) is 20.2. The first kappa shape index (κ1) is 23.9. The number of anilines is 3. The van der Waals surface area contributed by atoms with Crippen molar-refractivity contribution < 1.29 is 19.5 Å². The van der Waals surface area contributed by atoms with E-state index in [9.17, 15) is 10.0 Å². The van der Waals surface area contributed by atoms with Crippen LogP contribution in [0.2, 0.25) is 0 Å². The molecule has 0 bridgehead atoms. The average Bonchev–Trinajstić information content (AvgIpc) is 2.85. The molecule has 1 aromatic heterocycles. The van der Waals surface area contributed by atoms with Gasteiger partial charge in [0.15, 0.2) is 0 Å². The van der Waals surface area contributed by atoms with E-state index in [0.717, 1.165) is 22.3 Å². The molecule has 4 rings (SSSR count). The van der Waals surface area contributed by atoms with Crippen LogP contribution in [0.1, 0.15) is 46.0 Å². The fraction of sp³-hybridized carbons (Fsp3) is 0.269. The van der Waals surface area contributed by atoms with Crippen molar-refractivity contribution in [1.82, 2.24) is 4.98 Å². The number of nitrogens with two attached hydrogens (primary N) is 2. The Kier molecular flexibility index (Phi) is 6.26. The summed E-state index contributed by atoms with van der Waals surface area (Å²) in [6.07, 6.45) is 1.77. The standard InChI is InChI=1S/C26H29N5O4/c1-14-15(2)24-22(16(3)23(14)28)20(31-33)11-26(4,35-24)13-34-19-8-6-18(7-9-19)30-25(32)17-5-10-21(27)29-12-17/h5-10,12,33H,11,13,28H2,1-4H3,(H2,27,29)(H,30,32). The van der Waals surface area contributed by atoms with Gasteiger partial charge in [0.2, 0.25) is 0 Å². The maximum atomic E-state index is 12.4. The highest BCUT2D eigenvalue weighted by atomic mass is 16.5. The number of nitrogens with zero attached hydrogens (tertiary/aromatic N) is 2. The summed E-state index contributed by atoms with van der Waals surface area (Å²) in [5.74, 6) is 1.33. The number of aromatic nitrogens is 1. The van der Waals surface area contributed by atoms with Gasteiger partial charge in [0.25, 0.3) is 5.91 Å². The van der Waals surface area contributed by atoms with Gasteiger partial charge in [-0.25, -0.2) is 4.98 Å². The lowest BCUT2D eigenvalue weighted by Crippen LogP contribution is -2.45. The molecule has 2 heterocycles. The van der Waals surface area contributed by atoms with Crippen molar-refractivity contribution in [3.05, 3.63) is 70.4 Å². The molecule has 6 N–H and O–H groups in total. The van der Waals surface area contributed by atoms with E-state index in [2.05, 4.69) is 15.5 Å². The molecule has 35 heavy (non-hydrogen) atoms. The Balaban J connectivity index is 1.46. The van der Waals surface area contributed by atoms with Crippen LogP contribution < -0.4 is 26.3 Å². The van der Waals surface area contributed by atoms with Crippen molar-refractivity contribution in [2.24, 2.45) is 5.16 Å². The van der Waals surface area contributed by atoms with Gasteiger partial charge in [-0.05, 0) is 80.8 Å². The number of nitrogens with one attached hydrogen (secondary N) is 1. The number of benzene rings is 2. The number of carbonyl (C=O) groups is 1. The molecule has 1 unspecified atom stereocenters. The first-order valence-corrected chi connectivity index (χ1v) is 11.2. The van der Waals surface area contributed by atoms with E-state index >= 15 is 0 Å². The normalized spacial score (nSPS) is 18.0. The Morgan fingerprint density at radius 2 is 1.86 bits per heavy atom. The predicted octanol–water partition coefficient (Wildman–Crippen LogP) is 4.22. The quantitative estimate of drug-likeness (QED) is 0.245. The van der Waals surface area contributed by atoms with Crippen LogP contribution in [-0.4, -0.2) is 34.0 Å². The van der Waals surface area contributed by atoms with Crippen LogP contribution in [0.5, 0.6) is 11.5 Å². The minimum atomic E-state index is -0.761. The van der Waals surface area contributed by atoms with Crippen LogP contribution in [0, 0.1) is 20.8 Å². The van der Waals surface area contributed by atoms with Gasteiger partial charge in [-0.1, -0.05) is 5.16 Å². The first-order chi connectivity index (χ1) is 16.6.